The maximum atomic E-state index is 12.6. The van der Waals surface area contributed by atoms with Gasteiger partial charge in [0.2, 0.25) is 21.8 Å². The third-order valence-corrected chi connectivity index (χ3v) is 5.56. The Morgan fingerprint density at radius 1 is 1.18 bits per heavy atom. The number of hydrogen-bond donors (Lipinski definition) is 1. The summed E-state index contributed by atoms with van der Waals surface area (Å²) in [5, 5.41) is 2.48. The number of rotatable bonds is 3. The largest absolute Gasteiger partial charge is 0.357 e. The third kappa shape index (κ3) is 3.12. The molecule has 2 rings (SSSR count). The van der Waals surface area contributed by atoms with E-state index in [9.17, 15) is 18.0 Å². The van der Waals surface area contributed by atoms with Crippen LogP contribution in [0.5, 0.6) is 0 Å². The van der Waals surface area contributed by atoms with Gasteiger partial charge in [0.05, 0.1) is 4.90 Å². The summed E-state index contributed by atoms with van der Waals surface area (Å²) in [6, 6.07) is 7.25. The number of carbonyl (C=O) groups is 2. The van der Waals surface area contributed by atoms with Crippen molar-refractivity contribution in [3.05, 3.63) is 30.3 Å². The van der Waals surface area contributed by atoms with Crippen molar-refractivity contribution in [2.24, 2.45) is 0 Å². The van der Waals surface area contributed by atoms with Gasteiger partial charge in [0.25, 0.3) is 0 Å². The number of likely N-dealkylation sites (N-methyl/N-ethyl adjacent to an activating group) is 1. The maximum Gasteiger partial charge on any atom is 0.243 e. The summed E-state index contributed by atoms with van der Waals surface area (Å²) in [6.45, 7) is 1.69. The van der Waals surface area contributed by atoms with Crippen LogP contribution in [0.1, 0.15) is 6.92 Å². The summed E-state index contributed by atoms with van der Waals surface area (Å²) in [7, 11) is -2.21. The number of amides is 2. The SMILES string of the molecule is CNC(=O)[C@@H]1CN(S(=O)(=O)c2ccccc2)CCN1C(C)=O. The van der Waals surface area contributed by atoms with Crippen molar-refractivity contribution in [1.29, 1.82) is 0 Å². The third-order valence-electron chi connectivity index (χ3n) is 3.68. The molecule has 0 radical (unpaired) electrons. The van der Waals surface area contributed by atoms with Crippen molar-refractivity contribution >= 4 is 21.8 Å². The van der Waals surface area contributed by atoms with E-state index in [1.54, 1.807) is 18.2 Å². The van der Waals surface area contributed by atoms with E-state index in [0.717, 1.165) is 0 Å². The van der Waals surface area contributed by atoms with Gasteiger partial charge in [-0.1, -0.05) is 18.2 Å². The first-order valence-corrected chi connectivity index (χ1v) is 8.36. The van der Waals surface area contributed by atoms with Crippen LogP contribution in [-0.4, -0.2) is 62.2 Å². The second kappa shape index (κ2) is 6.45. The lowest BCUT2D eigenvalue weighted by Crippen LogP contribution is -2.60. The molecule has 1 fully saturated rings. The van der Waals surface area contributed by atoms with Crippen LogP contribution in [0.3, 0.4) is 0 Å². The van der Waals surface area contributed by atoms with E-state index in [1.165, 1.54) is 35.3 Å². The molecule has 1 N–H and O–H groups in total. The van der Waals surface area contributed by atoms with Gasteiger partial charge in [0.15, 0.2) is 0 Å². The standard InChI is InChI=1S/C14H19N3O4S/c1-11(18)17-9-8-16(10-13(17)14(19)15-2)22(20,21)12-6-4-3-5-7-12/h3-7,13H,8-10H2,1-2H3,(H,15,19)/t13-/m0/s1. The van der Waals surface area contributed by atoms with Gasteiger partial charge >= 0.3 is 0 Å². The fourth-order valence-electron chi connectivity index (χ4n) is 2.49. The van der Waals surface area contributed by atoms with Gasteiger partial charge in [-0.05, 0) is 12.1 Å². The Labute approximate surface area is 129 Å². The van der Waals surface area contributed by atoms with Gasteiger partial charge in [0, 0.05) is 33.6 Å². The predicted molar refractivity (Wildman–Crippen MR) is 80.4 cm³/mol. The molecule has 1 aromatic rings. The Bertz CT molecular complexity index is 660. The molecule has 1 aliphatic rings. The number of benzene rings is 1. The van der Waals surface area contributed by atoms with Crippen molar-refractivity contribution in [2.45, 2.75) is 17.9 Å². The Kier molecular flexibility index (Phi) is 4.82. The molecule has 0 bridgehead atoms. The molecule has 1 saturated heterocycles. The minimum atomic E-state index is -3.67. The Hall–Kier alpha value is -1.93. The first-order chi connectivity index (χ1) is 10.4. The number of sulfonamides is 1. The zero-order chi connectivity index (χ0) is 16.3. The fourth-order valence-corrected chi connectivity index (χ4v) is 3.94. The molecule has 1 atom stereocenters. The van der Waals surface area contributed by atoms with Gasteiger partial charge < -0.3 is 10.2 Å². The Balaban J connectivity index is 2.28. The van der Waals surface area contributed by atoms with E-state index in [2.05, 4.69) is 5.32 Å². The normalized spacial score (nSPS) is 19.7. The number of hydrogen-bond acceptors (Lipinski definition) is 4. The number of nitrogens with one attached hydrogen (secondary N) is 1. The summed E-state index contributed by atoms with van der Waals surface area (Å²) in [5.41, 5.74) is 0. The second-order valence-corrected chi connectivity index (χ2v) is 6.96. The molecule has 0 aliphatic carbocycles. The van der Waals surface area contributed by atoms with Gasteiger partial charge in [0.1, 0.15) is 6.04 Å². The number of carbonyl (C=O) groups excluding carboxylic acids is 2. The van der Waals surface area contributed by atoms with E-state index in [-0.39, 0.29) is 36.3 Å². The van der Waals surface area contributed by atoms with E-state index < -0.39 is 16.1 Å². The van der Waals surface area contributed by atoms with Crippen molar-refractivity contribution < 1.29 is 18.0 Å². The monoisotopic (exact) mass is 325 g/mol. The molecular formula is C14H19N3O4S. The van der Waals surface area contributed by atoms with Crippen LogP contribution < -0.4 is 5.32 Å². The lowest BCUT2D eigenvalue weighted by molar-refractivity contribution is -0.141. The molecule has 0 saturated carbocycles. The van der Waals surface area contributed by atoms with E-state index in [1.807, 2.05) is 0 Å². The molecule has 0 aromatic heterocycles. The second-order valence-electron chi connectivity index (χ2n) is 5.02. The molecule has 0 unspecified atom stereocenters. The van der Waals surface area contributed by atoms with Crippen LogP contribution in [0.2, 0.25) is 0 Å². The average Bonchev–Trinajstić information content (AvgIpc) is 2.54. The number of piperazine rings is 1. The summed E-state index contributed by atoms with van der Waals surface area (Å²) in [4.78, 5) is 25.2. The first kappa shape index (κ1) is 16.4. The molecule has 1 heterocycles. The molecular weight excluding hydrogens is 306 g/mol. The molecule has 22 heavy (non-hydrogen) atoms. The van der Waals surface area contributed by atoms with Crippen LogP contribution in [0, 0.1) is 0 Å². The van der Waals surface area contributed by atoms with Gasteiger partial charge in [-0.2, -0.15) is 4.31 Å². The maximum absolute atomic E-state index is 12.6. The highest BCUT2D eigenvalue weighted by Gasteiger charge is 2.38. The van der Waals surface area contributed by atoms with Crippen molar-refractivity contribution in [3.8, 4) is 0 Å². The summed E-state index contributed by atoms with van der Waals surface area (Å²) < 4.78 is 26.5. The van der Waals surface area contributed by atoms with Crippen molar-refractivity contribution in [2.75, 3.05) is 26.7 Å². The van der Waals surface area contributed by atoms with Crippen LogP contribution >= 0.6 is 0 Å². The van der Waals surface area contributed by atoms with Gasteiger partial charge in [-0.3, -0.25) is 9.59 Å². The van der Waals surface area contributed by atoms with Gasteiger partial charge in [-0.25, -0.2) is 8.42 Å². The first-order valence-electron chi connectivity index (χ1n) is 6.92. The zero-order valence-corrected chi connectivity index (χ0v) is 13.3. The molecule has 7 nitrogen and oxygen atoms in total. The highest BCUT2D eigenvalue weighted by Crippen LogP contribution is 2.20. The molecule has 1 aliphatic heterocycles. The molecule has 120 valence electrons. The van der Waals surface area contributed by atoms with E-state index in [4.69, 9.17) is 0 Å². The quantitative estimate of drug-likeness (QED) is 0.823. The van der Waals surface area contributed by atoms with Crippen LogP contribution in [0.4, 0.5) is 0 Å². The minimum absolute atomic E-state index is 0.0452. The fraction of sp³-hybridized carbons (Fsp3) is 0.429. The van der Waals surface area contributed by atoms with Crippen molar-refractivity contribution in [1.82, 2.24) is 14.5 Å². The Morgan fingerprint density at radius 2 is 1.82 bits per heavy atom. The lowest BCUT2D eigenvalue weighted by atomic mass is 10.2. The average molecular weight is 325 g/mol. The molecule has 0 spiro atoms. The lowest BCUT2D eigenvalue weighted by Gasteiger charge is -2.39. The molecule has 2 amide bonds. The van der Waals surface area contributed by atoms with Gasteiger partial charge in [-0.15, -0.1) is 0 Å². The summed E-state index contributed by atoms with van der Waals surface area (Å²) >= 11 is 0. The summed E-state index contributed by atoms with van der Waals surface area (Å²) in [6.07, 6.45) is 0. The highest BCUT2D eigenvalue weighted by molar-refractivity contribution is 7.89. The Morgan fingerprint density at radius 3 is 2.36 bits per heavy atom. The molecule has 8 heteroatoms. The predicted octanol–water partition coefficient (Wildman–Crippen LogP) is -0.346. The van der Waals surface area contributed by atoms with E-state index >= 15 is 0 Å². The van der Waals surface area contributed by atoms with Crippen LogP contribution in [0.15, 0.2) is 35.2 Å². The zero-order valence-electron chi connectivity index (χ0n) is 12.5. The highest BCUT2D eigenvalue weighted by atomic mass is 32.2. The number of nitrogens with zero attached hydrogens (tertiary/aromatic N) is 2. The van der Waals surface area contributed by atoms with Crippen molar-refractivity contribution in [3.63, 3.8) is 0 Å². The molecule has 1 aromatic carbocycles. The van der Waals surface area contributed by atoms with Crippen LogP contribution in [0.25, 0.3) is 0 Å². The summed E-state index contributed by atoms with van der Waals surface area (Å²) in [5.74, 6) is -0.617. The van der Waals surface area contributed by atoms with E-state index in [0.29, 0.717) is 0 Å². The smallest absolute Gasteiger partial charge is 0.243 e. The minimum Gasteiger partial charge on any atom is -0.357 e. The van der Waals surface area contributed by atoms with Crippen LogP contribution in [-0.2, 0) is 19.6 Å². The topological polar surface area (TPSA) is 86.8 Å².